The van der Waals surface area contributed by atoms with Gasteiger partial charge in [0.05, 0.1) is 22.7 Å². The van der Waals surface area contributed by atoms with Crippen LogP contribution in [0.5, 0.6) is 0 Å². The lowest BCUT2D eigenvalue weighted by Crippen LogP contribution is -2.30. The molecule has 0 saturated heterocycles. The van der Waals surface area contributed by atoms with Crippen molar-refractivity contribution in [3.63, 3.8) is 0 Å². The molecule has 1 unspecified atom stereocenters. The predicted molar refractivity (Wildman–Crippen MR) is 125 cm³/mol. The monoisotopic (exact) mass is 443 g/mol. The Morgan fingerprint density at radius 1 is 1.19 bits per heavy atom. The second kappa shape index (κ2) is 8.41. The van der Waals surface area contributed by atoms with Crippen molar-refractivity contribution in [1.82, 2.24) is 4.98 Å². The number of para-hydroxylation sites is 2. The molecule has 0 fully saturated rings. The van der Waals surface area contributed by atoms with Crippen LogP contribution >= 0.6 is 23.5 Å². The molecule has 0 bridgehead atoms. The summed E-state index contributed by atoms with van der Waals surface area (Å²) in [5.41, 5.74) is 4.65. The molecule has 2 heterocycles. The van der Waals surface area contributed by atoms with Gasteiger partial charge in [-0.3, -0.25) is 9.69 Å². The van der Waals surface area contributed by atoms with Gasteiger partial charge in [0, 0.05) is 15.5 Å². The van der Waals surface area contributed by atoms with E-state index in [1.165, 1.54) is 17.3 Å². The molecule has 4 nitrogen and oxygen atoms in total. The highest BCUT2D eigenvalue weighted by atomic mass is 32.2. The van der Waals surface area contributed by atoms with E-state index < -0.39 is 0 Å². The van der Waals surface area contributed by atoms with Crippen LogP contribution in [0.25, 0.3) is 0 Å². The van der Waals surface area contributed by atoms with Crippen LogP contribution in [0.15, 0.2) is 69.4 Å². The van der Waals surface area contributed by atoms with Gasteiger partial charge < -0.3 is 0 Å². The third-order valence-electron chi connectivity index (χ3n) is 5.73. The quantitative estimate of drug-likeness (QED) is 0.465. The zero-order valence-corrected chi connectivity index (χ0v) is 18.8. The van der Waals surface area contributed by atoms with Crippen molar-refractivity contribution in [2.75, 3.05) is 10.7 Å². The summed E-state index contributed by atoms with van der Waals surface area (Å²) in [5, 5.41) is 10.3. The molecule has 0 saturated carbocycles. The van der Waals surface area contributed by atoms with Gasteiger partial charge in [-0.15, -0.1) is 0 Å². The second-order valence-corrected chi connectivity index (χ2v) is 10.0. The number of fused-ring (bicyclic) bond motifs is 3. The number of thioether (sulfide) groups is 1. The van der Waals surface area contributed by atoms with E-state index in [0.29, 0.717) is 16.5 Å². The summed E-state index contributed by atoms with van der Waals surface area (Å²) in [7, 11) is 0. The molecule has 1 aliphatic carbocycles. The number of aromatic nitrogens is 1. The van der Waals surface area contributed by atoms with Gasteiger partial charge in [0.1, 0.15) is 11.1 Å². The normalized spacial score (nSPS) is 16.6. The van der Waals surface area contributed by atoms with Gasteiger partial charge in [-0.2, -0.15) is 5.26 Å². The Kier molecular flexibility index (Phi) is 5.47. The van der Waals surface area contributed by atoms with Gasteiger partial charge in [0.15, 0.2) is 0 Å². The lowest BCUT2D eigenvalue weighted by molar-refractivity contribution is -0.115. The van der Waals surface area contributed by atoms with E-state index in [0.717, 1.165) is 46.1 Å². The van der Waals surface area contributed by atoms with Crippen LogP contribution < -0.4 is 4.90 Å². The van der Waals surface area contributed by atoms with Crippen LogP contribution in [0.2, 0.25) is 0 Å². The number of hydrogen-bond acceptors (Lipinski definition) is 5. The minimum atomic E-state index is -0.0118. The summed E-state index contributed by atoms with van der Waals surface area (Å²) in [6, 6.07) is 20.2. The number of rotatable bonds is 3. The van der Waals surface area contributed by atoms with E-state index in [1.54, 1.807) is 16.7 Å². The van der Waals surface area contributed by atoms with Crippen LogP contribution in [0.4, 0.5) is 11.4 Å². The molecule has 6 heteroatoms. The van der Waals surface area contributed by atoms with E-state index in [9.17, 15) is 10.1 Å². The molecule has 0 N–H and O–H groups in total. The Hall–Kier alpha value is -2.75. The summed E-state index contributed by atoms with van der Waals surface area (Å²) in [5.74, 6) is 0.838. The van der Waals surface area contributed by atoms with Gasteiger partial charge in [0.25, 0.3) is 0 Å². The highest BCUT2D eigenvalue weighted by molar-refractivity contribution is 8.00. The van der Waals surface area contributed by atoms with Crippen LogP contribution in [0, 0.1) is 17.2 Å². The zero-order valence-electron chi connectivity index (χ0n) is 17.2. The maximum absolute atomic E-state index is 13.4. The average Bonchev–Trinajstić information content (AvgIpc) is 2.80. The highest BCUT2D eigenvalue weighted by Gasteiger charge is 2.28. The summed E-state index contributed by atoms with van der Waals surface area (Å²) >= 11 is 3.05. The van der Waals surface area contributed by atoms with Crippen molar-refractivity contribution in [2.24, 2.45) is 5.92 Å². The maximum Gasteiger partial charge on any atom is 0.242 e. The van der Waals surface area contributed by atoms with E-state index >= 15 is 0 Å². The molecular formula is C25H21N3OS2. The summed E-state index contributed by atoms with van der Waals surface area (Å²) < 4.78 is 0. The van der Waals surface area contributed by atoms with Crippen molar-refractivity contribution < 1.29 is 4.79 Å². The standard InChI is InChI=1S/C25H21N3OS2/c1-16-10-11-19-17(12-16)13-18(14-26)25(27-19)30-15-24(29)28-20-6-2-4-8-22(20)31-23-9-5-3-7-21(23)28/h2-9,13,16H,10-12,15H2,1H3. The second-order valence-electron chi connectivity index (χ2n) is 7.96. The van der Waals surface area contributed by atoms with Crippen molar-refractivity contribution >= 4 is 40.8 Å². The molecule has 0 radical (unpaired) electrons. The van der Waals surface area contributed by atoms with Crippen LogP contribution in [0.1, 0.15) is 30.2 Å². The Labute approximate surface area is 190 Å². The Morgan fingerprint density at radius 3 is 2.55 bits per heavy atom. The lowest BCUT2D eigenvalue weighted by atomic mass is 9.87. The maximum atomic E-state index is 13.4. The number of carbonyl (C=O) groups excluding carboxylic acids is 1. The number of aryl methyl sites for hydroxylation is 1. The molecule has 1 atom stereocenters. The summed E-state index contributed by atoms with van der Waals surface area (Å²) in [4.78, 5) is 22.1. The highest BCUT2D eigenvalue weighted by Crippen LogP contribution is 2.48. The fourth-order valence-corrected chi connectivity index (χ4v) is 6.07. The SMILES string of the molecule is CC1CCc2nc(SCC(=O)N3c4ccccc4Sc4ccccc43)c(C#N)cc2C1. The first kappa shape index (κ1) is 20.2. The van der Waals surface area contributed by atoms with E-state index in [1.807, 2.05) is 54.6 Å². The molecule has 2 aromatic carbocycles. The molecule has 1 aliphatic heterocycles. The fraction of sp³-hybridized carbons (Fsp3) is 0.240. The number of amides is 1. The van der Waals surface area contributed by atoms with Crippen LogP contribution in [0.3, 0.4) is 0 Å². The molecule has 2 aliphatic rings. The molecular weight excluding hydrogens is 422 g/mol. The van der Waals surface area contributed by atoms with Crippen molar-refractivity contribution in [3.05, 3.63) is 71.4 Å². The predicted octanol–water partition coefficient (Wildman–Crippen LogP) is 6.00. The van der Waals surface area contributed by atoms with Gasteiger partial charge in [0.2, 0.25) is 5.91 Å². The number of benzene rings is 2. The molecule has 5 rings (SSSR count). The Bertz CT molecular complexity index is 1170. The van der Waals surface area contributed by atoms with Crippen LogP contribution in [-0.4, -0.2) is 16.6 Å². The van der Waals surface area contributed by atoms with E-state index in [4.69, 9.17) is 4.98 Å². The third-order valence-corrected chi connectivity index (χ3v) is 7.84. The largest absolute Gasteiger partial charge is 0.278 e. The number of carbonyl (C=O) groups is 1. The van der Waals surface area contributed by atoms with Crippen LogP contribution in [-0.2, 0) is 17.6 Å². The van der Waals surface area contributed by atoms with Gasteiger partial charge >= 0.3 is 0 Å². The molecule has 154 valence electrons. The first-order chi connectivity index (χ1) is 15.1. The van der Waals surface area contributed by atoms with Crippen molar-refractivity contribution in [2.45, 2.75) is 41.0 Å². The molecule has 1 aromatic heterocycles. The topological polar surface area (TPSA) is 57.0 Å². The number of nitriles is 1. The van der Waals surface area contributed by atoms with E-state index in [2.05, 4.69) is 13.0 Å². The fourth-order valence-electron chi connectivity index (χ4n) is 4.19. The molecule has 3 aromatic rings. The third kappa shape index (κ3) is 3.84. The van der Waals surface area contributed by atoms with Crippen molar-refractivity contribution in [3.8, 4) is 6.07 Å². The smallest absolute Gasteiger partial charge is 0.242 e. The summed E-state index contributed by atoms with van der Waals surface area (Å²) in [6.45, 7) is 2.24. The molecule has 31 heavy (non-hydrogen) atoms. The lowest BCUT2D eigenvalue weighted by Gasteiger charge is -2.31. The minimum Gasteiger partial charge on any atom is -0.278 e. The van der Waals surface area contributed by atoms with Gasteiger partial charge in [-0.25, -0.2) is 4.98 Å². The first-order valence-corrected chi connectivity index (χ1v) is 12.2. The number of nitrogens with zero attached hydrogens (tertiary/aromatic N) is 3. The van der Waals surface area contributed by atoms with Gasteiger partial charge in [-0.1, -0.05) is 54.7 Å². The molecule has 0 spiro atoms. The Morgan fingerprint density at radius 2 is 1.87 bits per heavy atom. The van der Waals surface area contributed by atoms with E-state index in [-0.39, 0.29) is 11.7 Å². The minimum absolute atomic E-state index is 0.0118. The summed E-state index contributed by atoms with van der Waals surface area (Å²) in [6.07, 6.45) is 3.03. The number of anilines is 2. The zero-order chi connectivity index (χ0) is 21.4. The number of pyridine rings is 1. The number of hydrogen-bond donors (Lipinski definition) is 0. The first-order valence-electron chi connectivity index (χ1n) is 10.4. The average molecular weight is 444 g/mol. The molecule has 1 amide bonds. The Balaban J connectivity index is 1.43. The van der Waals surface area contributed by atoms with Gasteiger partial charge in [-0.05, 0) is 61.1 Å². The van der Waals surface area contributed by atoms with Crippen molar-refractivity contribution in [1.29, 1.82) is 5.26 Å².